The molecule has 2 unspecified atom stereocenters. The minimum atomic E-state index is -0.454. The largest absolute Gasteiger partial charge is 0.392 e. The van der Waals surface area contributed by atoms with Gasteiger partial charge in [0.05, 0.1) is 18.7 Å². The molecule has 4 N–H and O–H groups in total. The van der Waals surface area contributed by atoms with E-state index >= 15 is 0 Å². The van der Waals surface area contributed by atoms with Gasteiger partial charge in [0.2, 0.25) is 5.91 Å². The highest BCUT2D eigenvalue weighted by Gasteiger charge is 2.27. The Bertz CT molecular complexity index is 658. The van der Waals surface area contributed by atoms with Gasteiger partial charge in [-0.25, -0.2) is 4.98 Å². The van der Waals surface area contributed by atoms with E-state index in [-0.39, 0.29) is 18.5 Å². The van der Waals surface area contributed by atoms with Crippen molar-refractivity contribution in [1.29, 1.82) is 0 Å². The molecular formula is C14H16BrN5O2. The number of hydrogen-bond acceptors (Lipinski definition) is 5. The van der Waals surface area contributed by atoms with Crippen molar-refractivity contribution in [2.24, 2.45) is 0 Å². The van der Waals surface area contributed by atoms with Gasteiger partial charge in [-0.2, -0.15) is 5.10 Å². The molecule has 0 radical (unpaired) electrons. The van der Waals surface area contributed by atoms with Crippen LogP contribution in [-0.2, 0) is 11.3 Å². The molecule has 22 heavy (non-hydrogen) atoms. The molecule has 2 atom stereocenters. The number of rotatable bonds is 4. The molecule has 1 amide bonds. The molecular weight excluding hydrogens is 350 g/mol. The fourth-order valence-electron chi connectivity index (χ4n) is 2.31. The highest BCUT2D eigenvalue weighted by molar-refractivity contribution is 9.10. The summed E-state index contributed by atoms with van der Waals surface area (Å²) in [6.07, 6.45) is -0.0168. The number of nitrogens with zero attached hydrogens (tertiary/aromatic N) is 2. The summed E-state index contributed by atoms with van der Waals surface area (Å²) < 4.78 is 0.991. The third kappa shape index (κ3) is 3.52. The summed E-state index contributed by atoms with van der Waals surface area (Å²) in [4.78, 5) is 16.3. The van der Waals surface area contributed by atoms with Gasteiger partial charge >= 0.3 is 0 Å². The maximum absolute atomic E-state index is 11.9. The fourth-order valence-corrected chi connectivity index (χ4v) is 2.58. The summed E-state index contributed by atoms with van der Waals surface area (Å²) in [5.41, 5.74) is 0.901. The van der Waals surface area contributed by atoms with Gasteiger partial charge in [-0.15, -0.1) is 0 Å². The average molecular weight is 366 g/mol. The van der Waals surface area contributed by atoms with Crippen molar-refractivity contribution in [3.05, 3.63) is 34.6 Å². The predicted molar refractivity (Wildman–Crippen MR) is 83.8 cm³/mol. The van der Waals surface area contributed by atoms with Gasteiger partial charge in [-0.05, 0) is 18.6 Å². The molecule has 116 valence electrons. The average Bonchev–Trinajstić information content (AvgIpc) is 3.15. The number of nitrogens with one attached hydrogen (secondary N) is 3. The lowest BCUT2D eigenvalue weighted by Gasteiger charge is -2.09. The second-order valence-corrected chi connectivity index (χ2v) is 6.10. The third-order valence-corrected chi connectivity index (χ3v) is 4.02. The van der Waals surface area contributed by atoms with E-state index in [1.165, 1.54) is 0 Å². The number of aliphatic hydroxyl groups excluding tert-OH is 1. The van der Waals surface area contributed by atoms with E-state index < -0.39 is 6.10 Å². The molecule has 1 aromatic carbocycles. The molecule has 1 aliphatic rings. The Balaban J connectivity index is 1.58. The second kappa shape index (κ2) is 6.55. The third-order valence-electron chi connectivity index (χ3n) is 3.49. The van der Waals surface area contributed by atoms with Crippen LogP contribution in [0, 0.1) is 0 Å². The maximum atomic E-state index is 11.9. The van der Waals surface area contributed by atoms with Crippen LogP contribution in [-0.4, -0.2) is 44.9 Å². The molecule has 1 aromatic heterocycles. The lowest BCUT2D eigenvalue weighted by molar-refractivity contribution is -0.123. The first-order chi connectivity index (χ1) is 10.6. The summed E-state index contributed by atoms with van der Waals surface area (Å²) in [6, 6.07) is 7.33. The van der Waals surface area contributed by atoms with Gasteiger partial charge in [0.15, 0.2) is 5.82 Å². The molecule has 0 saturated carbocycles. The zero-order valence-corrected chi connectivity index (χ0v) is 13.3. The van der Waals surface area contributed by atoms with Crippen molar-refractivity contribution < 1.29 is 9.90 Å². The summed E-state index contributed by atoms with van der Waals surface area (Å²) >= 11 is 3.38. The highest BCUT2D eigenvalue weighted by Crippen LogP contribution is 2.18. The predicted octanol–water partition coefficient (Wildman–Crippen LogP) is 0.573. The molecule has 8 heteroatoms. The van der Waals surface area contributed by atoms with Gasteiger partial charge < -0.3 is 15.7 Å². The van der Waals surface area contributed by atoms with Gasteiger partial charge in [0, 0.05) is 16.6 Å². The fraction of sp³-hybridized carbons (Fsp3) is 0.357. The Morgan fingerprint density at radius 1 is 1.41 bits per heavy atom. The number of H-pyrrole nitrogens is 1. The van der Waals surface area contributed by atoms with Crippen LogP contribution in [0.4, 0.5) is 0 Å². The quantitative estimate of drug-likeness (QED) is 0.634. The van der Waals surface area contributed by atoms with Crippen molar-refractivity contribution in [1.82, 2.24) is 25.8 Å². The molecule has 1 fully saturated rings. The number of amides is 1. The van der Waals surface area contributed by atoms with Crippen LogP contribution in [0.25, 0.3) is 11.4 Å². The van der Waals surface area contributed by atoms with Crippen LogP contribution in [0.15, 0.2) is 28.7 Å². The summed E-state index contributed by atoms with van der Waals surface area (Å²) in [5, 5.41) is 22.1. The summed E-state index contributed by atoms with van der Waals surface area (Å²) in [6.45, 7) is 0.727. The zero-order valence-electron chi connectivity index (χ0n) is 11.7. The molecule has 0 aliphatic carbocycles. The van der Waals surface area contributed by atoms with Crippen LogP contribution >= 0.6 is 15.9 Å². The van der Waals surface area contributed by atoms with Crippen molar-refractivity contribution in [2.45, 2.75) is 25.1 Å². The smallest absolute Gasteiger partial charge is 0.237 e. The van der Waals surface area contributed by atoms with E-state index in [1.807, 2.05) is 24.3 Å². The van der Waals surface area contributed by atoms with Gasteiger partial charge in [-0.1, -0.05) is 28.1 Å². The number of aromatic nitrogens is 3. The SMILES string of the molecule is O=C(NCc1nc(-c2ccc(Br)cc2)n[nH]1)C1CC(O)CN1. The molecule has 7 nitrogen and oxygen atoms in total. The van der Waals surface area contributed by atoms with Crippen molar-refractivity contribution >= 4 is 21.8 Å². The standard InChI is InChI=1S/C14H16BrN5O2/c15-9-3-1-8(2-4-9)13-18-12(19-20-13)7-17-14(22)11-5-10(21)6-16-11/h1-4,10-11,16,21H,5-7H2,(H,17,22)(H,18,19,20). The summed E-state index contributed by atoms with van der Waals surface area (Å²) in [5.74, 6) is 1.04. The number of carbonyl (C=O) groups excluding carboxylic acids is 1. The van der Waals surface area contributed by atoms with Gasteiger partial charge in [0.1, 0.15) is 5.82 Å². The first kappa shape index (κ1) is 15.1. The lowest BCUT2D eigenvalue weighted by Crippen LogP contribution is -2.40. The number of hydrogen-bond donors (Lipinski definition) is 4. The van der Waals surface area contributed by atoms with Gasteiger partial charge in [-0.3, -0.25) is 9.89 Å². The molecule has 2 heterocycles. The van der Waals surface area contributed by atoms with E-state index in [0.29, 0.717) is 24.6 Å². The van der Waals surface area contributed by atoms with Crippen LogP contribution in [0.1, 0.15) is 12.2 Å². The first-order valence-corrected chi connectivity index (χ1v) is 7.77. The van der Waals surface area contributed by atoms with E-state index in [4.69, 9.17) is 0 Å². The highest BCUT2D eigenvalue weighted by atomic mass is 79.9. The van der Waals surface area contributed by atoms with Gasteiger partial charge in [0.25, 0.3) is 0 Å². The number of benzene rings is 1. The lowest BCUT2D eigenvalue weighted by atomic mass is 10.2. The minimum absolute atomic E-state index is 0.141. The van der Waals surface area contributed by atoms with Crippen molar-refractivity contribution in [3.8, 4) is 11.4 Å². The number of β-amino-alcohol motifs (C(OH)–C–C–N with tert-alkyl or cyclic N) is 1. The normalized spacial score (nSPS) is 21.0. The zero-order chi connectivity index (χ0) is 15.5. The Kier molecular flexibility index (Phi) is 4.51. The van der Waals surface area contributed by atoms with Crippen LogP contribution in [0.3, 0.4) is 0 Å². The monoisotopic (exact) mass is 365 g/mol. The van der Waals surface area contributed by atoms with Crippen molar-refractivity contribution in [2.75, 3.05) is 6.54 Å². The van der Waals surface area contributed by atoms with Crippen molar-refractivity contribution in [3.63, 3.8) is 0 Å². The number of carbonyl (C=O) groups is 1. The van der Waals surface area contributed by atoms with E-state index in [1.54, 1.807) is 0 Å². The molecule has 0 spiro atoms. The summed E-state index contributed by atoms with van der Waals surface area (Å²) in [7, 11) is 0. The molecule has 3 rings (SSSR count). The molecule has 1 aliphatic heterocycles. The van der Waals surface area contributed by atoms with E-state index in [2.05, 4.69) is 41.7 Å². The first-order valence-electron chi connectivity index (χ1n) is 6.98. The molecule has 2 aromatic rings. The minimum Gasteiger partial charge on any atom is -0.392 e. The Morgan fingerprint density at radius 3 is 2.86 bits per heavy atom. The van der Waals surface area contributed by atoms with Crippen LogP contribution in [0.2, 0.25) is 0 Å². The van der Waals surface area contributed by atoms with Crippen LogP contribution in [0.5, 0.6) is 0 Å². The Morgan fingerprint density at radius 2 is 2.18 bits per heavy atom. The number of aliphatic hydroxyl groups is 1. The molecule has 1 saturated heterocycles. The second-order valence-electron chi connectivity index (χ2n) is 5.18. The van der Waals surface area contributed by atoms with E-state index in [9.17, 15) is 9.90 Å². The molecule has 0 bridgehead atoms. The Labute approximate surface area is 135 Å². The topological polar surface area (TPSA) is 103 Å². The van der Waals surface area contributed by atoms with E-state index in [0.717, 1.165) is 10.0 Å². The number of aromatic amines is 1. The van der Waals surface area contributed by atoms with Crippen LogP contribution < -0.4 is 10.6 Å². The Hall–Kier alpha value is -1.77. The maximum Gasteiger partial charge on any atom is 0.237 e. The number of halogens is 1.